The second-order valence-electron chi connectivity index (χ2n) is 5.77. The van der Waals surface area contributed by atoms with Crippen LogP contribution in [0.4, 0.5) is 5.69 Å². The predicted octanol–water partition coefficient (Wildman–Crippen LogP) is 3.75. The van der Waals surface area contributed by atoms with Gasteiger partial charge in [0.25, 0.3) is 0 Å². The maximum Gasteiger partial charge on any atom is 0.330 e. The third-order valence-corrected chi connectivity index (χ3v) is 3.68. The highest BCUT2D eigenvalue weighted by Crippen LogP contribution is 2.28. The number of esters is 1. The van der Waals surface area contributed by atoms with Gasteiger partial charge in [0.05, 0.1) is 13.2 Å². The lowest BCUT2D eigenvalue weighted by atomic mass is 9.95. The highest BCUT2D eigenvalue weighted by atomic mass is 16.5. The molecular formula is C19H27NO3. The predicted molar refractivity (Wildman–Crippen MR) is 94.6 cm³/mol. The van der Waals surface area contributed by atoms with Gasteiger partial charge in [-0.05, 0) is 24.6 Å². The minimum Gasteiger partial charge on any atom is -0.466 e. The second-order valence-corrected chi connectivity index (χ2v) is 5.77. The molecule has 0 bridgehead atoms. The summed E-state index contributed by atoms with van der Waals surface area (Å²) < 4.78 is 10.3. The van der Waals surface area contributed by atoms with Gasteiger partial charge in [-0.25, -0.2) is 4.79 Å². The van der Waals surface area contributed by atoms with Crippen LogP contribution in [0, 0.1) is 5.92 Å². The highest BCUT2D eigenvalue weighted by Gasteiger charge is 2.17. The zero-order valence-electron chi connectivity index (χ0n) is 14.9. The summed E-state index contributed by atoms with van der Waals surface area (Å²) in [5.41, 5.74) is 3.28. The molecule has 0 aliphatic carbocycles. The van der Waals surface area contributed by atoms with E-state index in [1.54, 1.807) is 13.2 Å². The number of carbonyl (C=O) groups excluding carboxylic acids is 1. The van der Waals surface area contributed by atoms with E-state index in [0.717, 1.165) is 16.8 Å². The number of hydrogen-bond acceptors (Lipinski definition) is 4. The van der Waals surface area contributed by atoms with Crippen molar-refractivity contribution in [3.8, 4) is 0 Å². The molecule has 0 heterocycles. The van der Waals surface area contributed by atoms with Crippen LogP contribution in [0.1, 0.15) is 25.5 Å². The Morgan fingerprint density at radius 1 is 1.13 bits per heavy atom. The van der Waals surface area contributed by atoms with E-state index in [1.165, 1.54) is 13.2 Å². The first-order valence-electron chi connectivity index (χ1n) is 7.63. The third-order valence-electron chi connectivity index (χ3n) is 3.68. The Kier molecular flexibility index (Phi) is 7.55. The van der Waals surface area contributed by atoms with Gasteiger partial charge < -0.3 is 14.4 Å². The van der Waals surface area contributed by atoms with Gasteiger partial charge in [-0.3, -0.25) is 0 Å². The summed E-state index contributed by atoms with van der Waals surface area (Å²) in [7, 11) is 7.12. The molecule has 0 aromatic heterocycles. The molecule has 23 heavy (non-hydrogen) atoms. The molecule has 4 heteroatoms. The monoisotopic (exact) mass is 317 g/mol. The van der Waals surface area contributed by atoms with Crippen molar-refractivity contribution in [3.05, 3.63) is 53.6 Å². The zero-order chi connectivity index (χ0) is 17.4. The van der Waals surface area contributed by atoms with Gasteiger partial charge >= 0.3 is 5.97 Å². The summed E-state index contributed by atoms with van der Waals surface area (Å²) in [6, 6.07) is 8.35. The Morgan fingerprint density at radius 2 is 1.74 bits per heavy atom. The first kappa shape index (κ1) is 19.0. The molecule has 0 aliphatic heterocycles. The van der Waals surface area contributed by atoms with Gasteiger partial charge in [0.1, 0.15) is 0 Å². The summed E-state index contributed by atoms with van der Waals surface area (Å²) in [6.45, 7) is 4.06. The molecule has 0 saturated carbocycles. The van der Waals surface area contributed by atoms with Gasteiger partial charge in [0.2, 0.25) is 0 Å². The molecule has 1 rings (SSSR count). The average Bonchev–Trinajstić information content (AvgIpc) is 2.53. The molecule has 2 atom stereocenters. The van der Waals surface area contributed by atoms with Crippen LogP contribution in [0.15, 0.2) is 48.1 Å². The molecule has 126 valence electrons. The number of allylic oxidation sites excluding steroid dienone is 2. The maximum atomic E-state index is 11.1. The van der Waals surface area contributed by atoms with Crippen molar-refractivity contribution in [3.63, 3.8) is 0 Å². The van der Waals surface area contributed by atoms with E-state index in [1.807, 2.05) is 21.0 Å². The molecule has 2 unspecified atom stereocenters. The molecule has 0 saturated heterocycles. The first-order valence-corrected chi connectivity index (χ1v) is 7.63. The van der Waals surface area contributed by atoms with Crippen molar-refractivity contribution in [1.29, 1.82) is 0 Å². The first-order chi connectivity index (χ1) is 10.9. The minimum absolute atomic E-state index is 0.0345. The molecule has 1 aromatic carbocycles. The summed E-state index contributed by atoms with van der Waals surface area (Å²) in [5.74, 6) is -0.180. The van der Waals surface area contributed by atoms with Crippen LogP contribution < -0.4 is 4.90 Å². The number of anilines is 1. The fourth-order valence-corrected chi connectivity index (χ4v) is 2.44. The summed E-state index contributed by atoms with van der Waals surface area (Å²) in [6.07, 6.45) is 5.23. The molecule has 0 spiro atoms. The van der Waals surface area contributed by atoms with Gasteiger partial charge in [0, 0.05) is 38.9 Å². The van der Waals surface area contributed by atoms with Crippen LogP contribution in [0.25, 0.3) is 0 Å². The van der Waals surface area contributed by atoms with Crippen molar-refractivity contribution in [2.45, 2.75) is 20.0 Å². The van der Waals surface area contributed by atoms with E-state index in [-0.39, 0.29) is 18.0 Å². The number of rotatable bonds is 7. The SMILES string of the molecule is COC(=O)/C=C/C(C)=C/C(C)C(OC)c1ccc(N(C)C)cc1. The van der Waals surface area contributed by atoms with E-state index in [9.17, 15) is 4.79 Å². The number of hydrogen-bond donors (Lipinski definition) is 0. The number of ether oxygens (including phenoxy) is 2. The number of nitrogens with zero attached hydrogens (tertiary/aromatic N) is 1. The lowest BCUT2D eigenvalue weighted by molar-refractivity contribution is -0.134. The van der Waals surface area contributed by atoms with E-state index >= 15 is 0 Å². The third kappa shape index (κ3) is 5.91. The molecule has 0 aliphatic rings. The fourth-order valence-electron chi connectivity index (χ4n) is 2.44. The van der Waals surface area contributed by atoms with Gasteiger partial charge in [-0.2, -0.15) is 0 Å². The Morgan fingerprint density at radius 3 is 2.22 bits per heavy atom. The number of methoxy groups -OCH3 is 2. The van der Waals surface area contributed by atoms with Gasteiger partial charge in [0.15, 0.2) is 0 Å². The Balaban J connectivity index is 2.87. The average molecular weight is 317 g/mol. The largest absolute Gasteiger partial charge is 0.466 e. The second kappa shape index (κ2) is 9.16. The van der Waals surface area contributed by atoms with Crippen LogP contribution in [0.5, 0.6) is 0 Å². The smallest absolute Gasteiger partial charge is 0.330 e. The topological polar surface area (TPSA) is 38.8 Å². The Labute approximate surface area is 139 Å². The Hall–Kier alpha value is -2.07. The molecule has 0 amide bonds. The van der Waals surface area contributed by atoms with Crippen molar-refractivity contribution in [2.75, 3.05) is 33.2 Å². The highest BCUT2D eigenvalue weighted by molar-refractivity contribution is 5.82. The van der Waals surface area contributed by atoms with Crippen LogP contribution in [0.2, 0.25) is 0 Å². The van der Waals surface area contributed by atoms with Crippen LogP contribution in [-0.4, -0.2) is 34.3 Å². The van der Waals surface area contributed by atoms with Crippen LogP contribution in [-0.2, 0) is 14.3 Å². The van der Waals surface area contributed by atoms with Crippen molar-refractivity contribution < 1.29 is 14.3 Å². The van der Waals surface area contributed by atoms with Gasteiger partial charge in [-0.15, -0.1) is 0 Å². The molecule has 1 aromatic rings. The van der Waals surface area contributed by atoms with Crippen molar-refractivity contribution in [2.24, 2.45) is 5.92 Å². The molecule has 4 nitrogen and oxygen atoms in total. The quantitative estimate of drug-likeness (QED) is 0.436. The van der Waals surface area contributed by atoms with Gasteiger partial charge in [-0.1, -0.05) is 36.8 Å². The van der Waals surface area contributed by atoms with Crippen LogP contribution >= 0.6 is 0 Å². The summed E-state index contributed by atoms with van der Waals surface area (Å²) in [5, 5.41) is 0. The minimum atomic E-state index is -0.354. The lowest BCUT2D eigenvalue weighted by Crippen LogP contribution is -2.12. The van der Waals surface area contributed by atoms with E-state index < -0.39 is 0 Å². The molecule has 0 N–H and O–H groups in total. The van der Waals surface area contributed by atoms with Crippen molar-refractivity contribution >= 4 is 11.7 Å². The molecular weight excluding hydrogens is 290 g/mol. The maximum absolute atomic E-state index is 11.1. The normalized spacial score (nSPS) is 14.6. The molecule has 0 radical (unpaired) electrons. The van der Waals surface area contributed by atoms with E-state index in [2.05, 4.69) is 46.9 Å². The lowest BCUT2D eigenvalue weighted by Gasteiger charge is -2.22. The summed E-state index contributed by atoms with van der Waals surface area (Å²) in [4.78, 5) is 13.2. The molecule has 0 fully saturated rings. The van der Waals surface area contributed by atoms with E-state index in [4.69, 9.17) is 4.74 Å². The standard InChI is InChI=1S/C19H27NO3/c1-14(7-12-18(21)22-5)13-15(2)19(23-6)16-8-10-17(11-9-16)20(3)4/h7-13,15,19H,1-6H3/b12-7+,14-13+. The number of carbonyl (C=O) groups is 1. The van der Waals surface area contributed by atoms with E-state index in [0.29, 0.717) is 0 Å². The Bertz CT molecular complexity index is 558. The fraction of sp³-hybridized carbons (Fsp3) is 0.421. The number of benzene rings is 1. The summed E-state index contributed by atoms with van der Waals surface area (Å²) >= 11 is 0. The van der Waals surface area contributed by atoms with Crippen LogP contribution in [0.3, 0.4) is 0 Å². The zero-order valence-corrected chi connectivity index (χ0v) is 14.9. The van der Waals surface area contributed by atoms with Crippen molar-refractivity contribution in [1.82, 2.24) is 0 Å².